The highest BCUT2D eigenvalue weighted by Crippen LogP contribution is 2.30. The van der Waals surface area contributed by atoms with Crippen LogP contribution in [0.1, 0.15) is 23.2 Å². The van der Waals surface area contributed by atoms with Gasteiger partial charge >= 0.3 is 5.97 Å². The topological polar surface area (TPSA) is 64.4 Å². The van der Waals surface area contributed by atoms with Crippen molar-refractivity contribution in [2.24, 2.45) is 13.0 Å². The van der Waals surface area contributed by atoms with E-state index < -0.39 is 5.97 Å². The minimum atomic E-state index is -0.395. The lowest BCUT2D eigenvalue weighted by atomic mass is 10.2. The number of methoxy groups -OCH3 is 1. The number of carbonyl (C=O) groups excluding carboxylic acids is 2. The number of nitrogens with zero attached hydrogens (tertiary/aromatic N) is 3. The van der Waals surface area contributed by atoms with Crippen molar-refractivity contribution in [2.45, 2.75) is 12.8 Å². The summed E-state index contributed by atoms with van der Waals surface area (Å²) in [6, 6.07) is 0. The molecule has 6 nitrogen and oxygen atoms in total. The molecule has 98 valence electrons. The lowest BCUT2D eigenvalue weighted by Crippen LogP contribution is -2.37. The van der Waals surface area contributed by atoms with Crippen LogP contribution in [-0.2, 0) is 16.6 Å². The van der Waals surface area contributed by atoms with Crippen LogP contribution >= 0.6 is 0 Å². The highest BCUT2D eigenvalue weighted by molar-refractivity contribution is 5.95. The van der Waals surface area contributed by atoms with Crippen molar-refractivity contribution in [1.29, 1.82) is 0 Å². The Kier molecular flexibility index (Phi) is 3.64. The molecule has 1 aliphatic rings. The van der Waals surface area contributed by atoms with Gasteiger partial charge in [-0.05, 0) is 18.8 Å². The van der Waals surface area contributed by atoms with Gasteiger partial charge in [0.15, 0.2) is 0 Å². The Balaban J connectivity index is 2.06. The Morgan fingerprint density at radius 3 is 2.78 bits per heavy atom. The Morgan fingerprint density at radius 2 is 2.28 bits per heavy atom. The van der Waals surface area contributed by atoms with Gasteiger partial charge in [0.05, 0.1) is 18.9 Å². The molecular formula is C12H17N3O3. The van der Waals surface area contributed by atoms with Crippen LogP contribution < -0.4 is 0 Å². The van der Waals surface area contributed by atoms with E-state index in [1.807, 2.05) is 0 Å². The molecule has 0 aliphatic heterocycles. The molecule has 1 heterocycles. The molecule has 0 bridgehead atoms. The van der Waals surface area contributed by atoms with Gasteiger partial charge in [-0.2, -0.15) is 5.10 Å². The van der Waals surface area contributed by atoms with E-state index in [1.54, 1.807) is 22.8 Å². The highest BCUT2D eigenvalue weighted by atomic mass is 16.5. The summed E-state index contributed by atoms with van der Waals surface area (Å²) in [5.74, 6) is -0.0384. The number of amides is 1. The maximum Gasteiger partial charge on any atom is 0.325 e. The SMILES string of the molecule is COC(=O)CN(CC1CC1)C(=O)c1cnn(C)c1. The molecule has 18 heavy (non-hydrogen) atoms. The first-order valence-corrected chi connectivity index (χ1v) is 5.95. The fraction of sp³-hybridized carbons (Fsp3) is 0.583. The summed E-state index contributed by atoms with van der Waals surface area (Å²) >= 11 is 0. The van der Waals surface area contributed by atoms with Crippen molar-refractivity contribution in [1.82, 2.24) is 14.7 Å². The maximum absolute atomic E-state index is 12.2. The number of aromatic nitrogens is 2. The Hall–Kier alpha value is -1.85. The summed E-state index contributed by atoms with van der Waals surface area (Å²) in [5.41, 5.74) is 0.502. The molecule has 0 atom stereocenters. The summed E-state index contributed by atoms with van der Waals surface area (Å²) in [6.07, 6.45) is 5.41. The molecule has 1 aromatic heterocycles. The van der Waals surface area contributed by atoms with Crippen molar-refractivity contribution >= 4 is 11.9 Å². The first kappa shape index (κ1) is 12.6. The van der Waals surface area contributed by atoms with E-state index in [0.29, 0.717) is 18.0 Å². The second-order valence-electron chi connectivity index (χ2n) is 4.61. The highest BCUT2D eigenvalue weighted by Gasteiger charge is 2.29. The lowest BCUT2D eigenvalue weighted by Gasteiger charge is -2.20. The van der Waals surface area contributed by atoms with Gasteiger partial charge < -0.3 is 9.64 Å². The first-order chi connectivity index (χ1) is 8.60. The predicted molar refractivity (Wildman–Crippen MR) is 63.9 cm³/mol. The third kappa shape index (κ3) is 3.09. The van der Waals surface area contributed by atoms with E-state index in [-0.39, 0.29) is 12.5 Å². The van der Waals surface area contributed by atoms with Crippen LogP contribution in [0.2, 0.25) is 0 Å². The van der Waals surface area contributed by atoms with E-state index in [4.69, 9.17) is 0 Å². The molecule has 0 aromatic carbocycles. The van der Waals surface area contributed by atoms with Crippen molar-refractivity contribution < 1.29 is 14.3 Å². The molecule has 0 unspecified atom stereocenters. The average Bonchev–Trinajstić information content (AvgIpc) is 3.07. The number of esters is 1. The van der Waals surface area contributed by atoms with Crippen molar-refractivity contribution in [3.05, 3.63) is 18.0 Å². The van der Waals surface area contributed by atoms with E-state index in [9.17, 15) is 9.59 Å². The number of hydrogen-bond donors (Lipinski definition) is 0. The summed E-state index contributed by atoms with van der Waals surface area (Å²) in [6.45, 7) is 0.615. The lowest BCUT2D eigenvalue weighted by molar-refractivity contribution is -0.141. The largest absolute Gasteiger partial charge is 0.468 e. The zero-order chi connectivity index (χ0) is 13.1. The van der Waals surface area contributed by atoms with Crippen LogP contribution in [-0.4, -0.2) is 46.8 Å². The number of carbonyl (C=O) groups is 2. The number of ether oxygens (including phenoxy) is 1. The zero-order valence-corrected chi connectivity index (χ0v) is 10.6. The average molecular weight is 251 g/mol. The van der Waals surface area contributed by atoms with E-state index in [0.717, 1.165) is 12.8 Å². The first-order valence-electron chi connectivity index (χ1n) is 5.95. The number of aryl methyl sites for hydroxylation is 1. The van der Waals surface area contributed by atoms with Crippen molar-refractivity contribution in [3.63, 3.8) is 0 Å². The van der Waals surface area contributed by atoms with Crippen molar-refractivity contribution in [3.8, 4) is 0 Å². The van der Waals surface area contributed by atoms with Crippen LogP contribution in [0.3, 0.4) is 0 Å². The van der Waals surface area contributed by atoms with Gasteiger partial charge in [0.2, 0.25) is 0 Å². The van der Waals surface area contributed by atoms with Crippen LogP contribution in [0.15, 0.2) is 12.4 Å². The van der Waals surface area contributed by atoms with Gasteiger partial charge in [-0.1, -0.05) is 0 Å². The third-order valence-electron chi connectivity index (χ3n) is 2.96. The fourth-order valence-corrected chi connectivity index (χ4v) is 1.77. The summed E-state index contributed by atoms with van der Waals surface area (Å²) in [7, 11) is 3.08. The zero-order valence-electron chi connectivity index (χ0n) is 10.6. The Bertz CT molecular complexity index is 451. The Morgan fingerprint density at radius 1 is 1.56 bits per heavy atom. The third-order valence-corrected chi connectivity index (χ3v) is 2.96. The standard InChI is InChI=1S/C12H17N3O3/c1-14-7-10(5-13-14)12(17)15(6-9-3-4-9)8-11(16)18-2/h5,7,9H,3-4,6,8H2,1-2H3. The summed E-state index contributed by atoms with van der Waals surface area (Å²) in [4.78, 5) is 25.1. The molecular weight excluding hydrogens is 234 g/mol. The monoisotopic (exact) mass is 251 g/mol. The molecule has 1 aliphatic carbocycles. The molecule has 6 heteroatoms. The van der Waals surface area contributed by atoms with Gasteiger partial charge in [-0.25, -0.2) is 0 Å². The second-order valence-corrected chi connectivity index (χ2v) is 4.61. The molecule has 0 spiro atoms. The normalized spacial score (nSPS) is 14.3. The Labute approximate surface area is 106 Å². The minimum absolute atomic E-state index is 0.000722. The quantitative estimate of drug-likeness (QED) is 0.712. The van der Waals surface area contributed by atoms with Crippen LogP contribution in [0.5, 0.6) is 0 Å². The molecule has 0 saturated heterocycles. The number of rotatable bonds is 5. The predicted octanol–water partition coefficient (Wildman–Crippen LogP) is 0.445. The molecule has 1 fully saturated rings. The molecule has 1 aromatic rings. The van der Waals surface area contributed by atoms with E-state index >= 15 is 0 Å². The number of hydrogen-bond acceptors (Lipinski definition) is 4. The van der Waals surface area contributed by atoms with Gasteiger partial charge in [0, 0.05) is 19.8 Å². The summed E-state index contributed by atoms with van der Waals surface area (Å²) < 4.78 is 6.19. The second kappa shape index (κ2) is 5.20. The van der Waals surface area contributed by atoms with E-state index in [1.165, 1.54) is 13.3 Å². The van der Waals surface area contributed by atoms with E-state index in [2.05, 4.69) is 9.84 Å². The summed E-state index contributed by atoms with van der Waals surface area (Å²) in [5, 5.41) is 3.97. The van der Waals surface area contributed by atoms with Crippen LogP contribution in [0.25, 0.3) is 0 Å². The molecule has 1 saturated carbocycles. The van der Waals surface area contributed by atoms with Gasteiger partial charge in [0.25, 0.3) is 5.91 Å². The fourth-order valence-electron chi connectivity index (χ4n) is 1.77. The van der Waals surface area contributed by atoms with Crippen molar-refractivity contribution in [2.75, 3.05) is 20.2 Å². The van der Waals surface area contributed by atoms with Gasteiger partial charge in [-0.15, -0.1) is 0 Å². The van der Waals surface area contributed by atoms with Gasteiger partial charge in [-0.3, -0.25) is 14.3 Å². The van der Waals surface area contributed by atoms with Crippen LogP contribution in [0, 0.1) is 5.92 Å². The maximum atomic E-state index is 12.2. The smallest absolute Gasteiger partial charge is 0.325 e. The molecule has 0 N–H and O–H groups in total. The molecule has 0 radical (unpaired) electrons. The van der Waals surface area contributed by atoms with Gasteiger partial charge in [0.1, 0.15) is 6.54 Å². The molecule has 1 amide bonds. The molecule has 2 rings (SSSR count). The van der Waals surface area contributed by atoms with Crippen LogP contribution in [0.4, 0.5) is 0 Å². The minimum Gasteiger partial charge on any atom is -0.468 e.